The highest BCUT2D eigenvalue weighted by molar-refractivity contribution is 6.31. The van der Waals surface area contributed by atoms with Crippen molar-refractivity contribution in [1.82, 2.24) is 19.7 Å². The Labute approximate surface area is 235 Å². The molecule has 0 aliphatic carbocycles. The van der Waals surface area contributed by atoms with Crippen molar-refractivity contribution in [3.63, 3.8) is 0 Å². The van der Waals surface area contributed by atoms with Crippen LogP contribution in [0, 0.1) is 0 Å². The van der Waals surface area contributed by atoms with E-state index in [1.807, 2.05) is 13.8 Å². The summed E-state index contributed by atoms with van der Waals surface area (Å²) in [6, 6.07) is 11.8. The van der Waals surface area contributed by atoms with E-state index in [4.69, 9.17) is 11.6 Å². The van der Waals surface area contributed by atoms with Crippen LogP contribution in [0.25, 0.3) is 11.1 Å². The number of carbonyl (C=O) groups is 3. The molecule has 1 aliphatic heterocycles. The zero-order valence-corrected chi connectivity index (χ0v) is 22.8. The second-order valence-corrected chi connectivity index (χ2v) is 9.70. The highest BCUT2D eigenvalue weighted by atomic mass is 35.5. The van der Waals surface area contributed by atoms with Crippen molar-refractivity contribution in [3.05, 3.63) is 88.2 Å². The lowest BCUT2D eigenvalue weighted by molar-refractivity contribution is -0.137. The van der Waals surface area contributed by atoms with Crippen LogP contribution in [0.5, 0.6) is 0 Å². The quantitative estimate of drug-likeness (QED) is 0.391. The van der Waals surface area contributed by atoms with Gasteiger partial charge in [-0.2, -0.15) is 13.2 Å². The molecular formula is C29H28ClF3N4O3. The van der Waals surface area contributed by atoms with Crippen molar-refractivity contribution in [2.45, 2.75) is 20.0 Å². The lowest BCUT2D eigenvalue weighted by atomic mass is 10.0. The van der Waals surface area contributed by atoms with Gasteiger partial charge < -0.3 is 14.7 Å². The SMILES string of the molecule is CCN(CC)C(=O)c1cncc(-c2ccc(C(=O)N3CCN(C(=O)c4ccc(Cl)c(C(F)(F)F)c4)CC3)cc2)c1. The normalized spacial score (nSPS) is 13.8. The molecule has 0 radical (unpaired) electrons. The van der Waals surface area contributed by atoms with E-state index in [-0.39, 0.29) is 43.6 Å². The number of hydrogen-bond acceptors (Lipinski definition) is 4. The molecule has 1 fully saturated rings. The highest BCUT2D eigenvalue weighted by Crippen LogP contribution is 2.35. The van der Waals surface area contributed by atoms with E-state index >= 15 is 0 Å². The second-order valence-electron chi connectivity index (χ2n) is 9.29. The molecule has 2 heterocycles. The number of hydrogen-bond donors (Lipinski definition) is 0. The van der Waals surface area contributed by atoms with E-state index in [1.165, 1.54) is 17.2 Å². The predicted octanol–water partition coefficient (Wildman–Crippen LogP) is 5.50. The Bertz CT molecular complexity index is 1400. The van der Waals surface area contributed by atoms with Gasteiger partial charge in [0.15, 0.2) is 0 Å². The first kappa shape index (κ1) is 29.1. The first-order chi connectivity index (χ1) is 19.0. The zero-order valence-electron chi connectivity index (χ0n) is 22.0. The van der Waals surface area contributed by atoms with Crippen molar-refractivity contribution < 1.29 is 27.6 Å². The van der Waals surface area contributed by atoms with E-state index in [9.17, 15) is 27.6 Å². The summed E-state index contributed by atoms with van der Waals surface area (Å²) in [5.41, 5.74) is 1.33. The summed E-state index contributed by atoms with van der Waals surface area (Å²) in [6.45, 7) is 5.88. The average Bonchev–Trinajstić information content (AvgIpc) is 2.97. The number of halogens is 4. The molecule has 0 bridgehead atoms. The number of amides is 3. The van der Waals surface area contributed by atoms with Crippen LogP contribution in [-0.4, -0.2) is 76.7 Å². The summed E-state index contributed by atoms with van der Waals surface area (Å²) in [4.78, 5) is 47.6. The van der Waals surface area contributed by atoms with Crippen molar-refractivity contribution in [1.29, 1.82) is 0 Å². The number of alkyl halides is 3. The average molecular weight is 573 g/mol. The van der Waals surface area contributed by atoms with Crippen LogP contribution < -0.4 is 0 Å². The number of nitrogens with zero attached hydrogens (tertiary/aromatic N) is 4. The fourth-order valence-corrected chi connectivity index (χ4v) is 4.79. The van der Waals surface area contributed by atoms with E-state index in [1.54, 1.807) is 46.3 Å². The fourth-order valence-electron chi connectivity index (χ4n) is 4.57. The van der Waals surface area contributed by atoms with Gasteiger partial charge in [-0.3, -0.25) is 19.4 Å². The van der Waals surface area contributed by atoms with Crippen LogP contribution in [0.3, 0.4) is 0 Å². The third-order valence-electron chi connectivity index (χ3n) is 6.87. The summed E-state index contributed by atoms with van der Waals surface area (Å²) < 4.78 is 39.6. The molecule has 0 atom stereocenters. The van der Waals surface area contributed by atoms with Crippen molar-refractivity contribution in [2.24, 2.45) is 0 Å². The Morgan fingerprint density at radius 3 is 1.90 bits per heavy atom. The summed E-state index contributed by atoms with van der Waals surface area (Å²) in [5, 5.41) is -0.470. The van der Waals surface area contributed by atoms with Crippen LogP contribution in [-0.2, 0) is 6.18 Å². The van der Waals surface area contributed by atoms with Crippen LogP contribution in [0.4, 0.5) is 13.2 Å². The summed E-state index contributed by atoms with van der Waals surface area (Å²) in [7, 11) is 0. The van der Waals surface area contributed by atoms with Crippen LogP contribution in [0.2, 0.25) is 5.02 Å². The largest absolute Gasteiger partial charge is 0.417 e. The smallest absolute Gasteiger partial charge is 0.339 e. The molecule has 0 spiro atoms. The highest BCUT2D eigenvalue weighted by Gasteiger charge is 2.34. The van der Waals surface area contributed by atoms with Crippen molar-refractivity contribution in [2.75, 3.05) is 39.3 Å². The Morgan fingerprint density at radius 2 is 1.35 bits per heavy atom. The van der Waals surface area contributed by atoms with E-state index in [0.717, 1.165) is 23.3 Å². The Kier molecular flexibility index (Phi) is 8.78. The van der Waals surface area contributed by atoms with E-state index in [2.05, 4.69) is 4.98 Å². The monoisotopic (exact) mass is 572 g/mol. The van der Waals surface area contributed by atoms with Gasteiger partial charge in [-0.15, -0.1) is 0 Å². The van der Waals surface area contributed by atoms with Crippen molar-refractivity contribution >= 4 is 29.3 Å². The van der Waals surface area contributed by atoms with Gasteiger partial charge >= 0.3 is 6.18 Å². The van der Waals surface area contributed by atoms with Crippen LogP contribution in [0.1, 0.15) is 50.5 Å². The number of carbonyl (C=O) groups excluding carboxylic acids is 3. The standard InChI is InChI=1S/C29H28ClF3N4O3/c1-3-35(4-2)28(40)23-15-22(17-34-18-23)19-5-7-20(8-6-19)26(38)36-11-13-37(14-12-36)27(39)21-9-10-25(30)24(16-21)29(31,32)33/h5-10,15-18H,3-4,11-14H2,1-2H3. The molecule has 7 nitrogen and oxygen atoms in total. The second kappa shape index (κ2) is 12.1. The molecule has 0 unspecified atom stereocenters. The third kappa shape index (κ3) is 6.28. The molecule has 210 valence electrons. The minimum atomic E-state index is -4.67. The van der Waals surface area contributed by atoms with Gasteiger partial charge in [0.2, 0.25) is 0 Å². The molecule has 4 rings (SSSR count). The number of pyridine rings is 1. The Morgan fingerprint density at radius 1 is 0.800 bits per heavy atom. The Balaban J connectivity index is 1.40. The molecule has 3 aromatic rings. The minimum Gasteiger partial charge on any atom is -0.339 e. The molecule has 1 aromatic heterocycles. The van der Waals surface area contributed by atoms with Crippen molar-refractivity contribution in [3.8, 4) is 11.1 Å². The molecule has 3 amide bonds. The van der Waals surface area contributed by atoms with Gasteiger partial charge in [0.05, 0.1) is 16.1 Å². The minimum absolute atomic E-state index is 0.0966. The topological polar surface area (TPSA) is 73.8 Å². The predicted molar refractivity (Wildman–Crippen MR) is 145 cm³/mol. The van der Waals surface area contributed by atoms with Crippen LogP contribution >= 0.6 is 11.6 Å². The zero-order chi connectivity index (χ0) is 29.0. The maximum atomic E-state index is 13.2. The number of aromatic nitrogens is 1. The summed E-state index contributed by atoms with van der Waals surface area (Å²) in [5.74, 6) is -0.859. The van der Waals surface area contributed by atoms with E-state index < -0.39 is 22.7 Å². The molecule has 1 saturated heterocycles. The molecule has 0 N–H and O–H groups in total. The van der Waals surface area contributed by atoms with Gasteiger partial charge in [0.25, 0.3) is 17.7 Å². The lowest BCUT2D eigenvalue weighted by Crippen LogP contribution is -2.50. The molecule has 40 heavy (non-hydrogen) atoms. The molecule has 2 aromatic carbocycles. The third-order valence-corrected chi connectivity index (χ3v) is 7.20. The van der Waals surface area contributed by atoms with Gasteiger partial charge in [0.1, 0.15) is 0 Å². The fraction of sp³-hybridized carbons (Fsp3) is 0.310. The maximum Gasteiger partial charge on any atom is 0.417 e. The van der Waals surface area contributed by atoms with Gasteiger partial charge in [-0.05, 0) is 55.8 Å². The number of rotatable bonds is 6. The summed E-state index contributed by atoms with van der Waals surface area (Å²) in [6.07, 6.45) is -1.48. The van der Waals surface area contributed by atoms with Gasteiger partial charge in [-0.25, -0.2) is 0 Å². The van der Waals surface area contributed by atoms with Gasteiger partial charge in [-0.1, -0.05) is 23.7 Å². The lowest BCUT2D eigenvalue weighted by Gasteiger charge is -2.35. The maximum absolute atomic E-state index is 13.2. The summed E-state index contributed by atoms with van der Waals surface area (Å²) >= 11 is 5.66. The first-order valence-corrected chi connectivity index (χ1v) is 13.2. The first-order valence-electron chi connectivity index (χ1n) is 12.8. The number of benzene rings is 2. The van der Waals surface area contributed by atoms with Crippen LogP contribution in [0.15, 0.2) is 60.9 Å². The molecule has 11 heteroatoms. The molecule has 1 aliphatic rings. The molecule has 0 saturated carbocycles. The number of piperazine rings is 1. The van der Waals surface area contributed by atoms with Gasteiger partial charge in [0, 0.05) is 68.4 Å². The Hall–Kier alpha value is -3.92. The molecular weight excluding hydrogens is 545 g/mol. The van der Waals surface area contributed by atoms with E-state index in [0.29, 0.717) is 24.2 Å².